The third-order valence-electron chi connectivity index (χ3n) is 7.34. The maximum atomic E-state index is 13.8. The average molecular weight is 564 g/mol. The van der Waals surface area contributed by atoms with Gasteiger partial charge in [0, 0.05) is 35.1 Å². The minimum atomic E-state index is -0.885. The topological polar surface area (TPSA) is 100 Å². The van der Waals surface area contributed by atoms with E-state index in [1.54, 1.807) is 72.3 Å². The van der Waals surface area contributed by atoms with Crippen LogP contribution in [0.4, 0.5) is 11.4 Å². The summed E-state index contributed by atoms with van der Waals surface area (Å²) in [6.45, 7) is 7.90. The van der Waals surface area contributed by atoms with E-state index in [-0.39, 0.29) is 24.5 Å². The highest BCUT2D eigenvalue weighted by atomic mass is 35.5. The second-order valence-corrected chi connectivity index (χ2v) is 11.0. The monoisotopic (exact) mass is 563 g/mol. The highest BCUT2D eigenvalue weighted by Crippen LogP contribution is 2.39. The molecule has 0 unspecified atom stereocenters. The van der Waals surface area contributed by atoms with E-state index in [2.05, 4.69) is 4.98 Å². The van der Waals surface area contributed by atoms with Gasteiger partial charge in [0.25, 0.3) is 5.91 Å². The van der Waals surface area contributed by atoms with Crippen molar-refractivity contribution in [2.75, 3.05) is 23.0 Å². The van der Waals surface area contributed by atoms with Crippen LogP contribution in [0.5, 0.6) is 5.75 Å². The Kier molecular flexibility index (Phi) is 8.79. The molecule has 0 saturated heterocycles. The van der Waals surface area contributed by atoms with E-state index in [4.69, 9.17) is 16.3 Å². The second-order valence-electron chi connectivity index (χ2n) is 10.6. The molecule has 40 heavy (non-hydrogen) atoms. The maximum Gasteiger partial charge on any atom is 0.309 e. The number of rotatable bonds is 9. The van der Waals surface area contributed by atoms with Gasteiger partial charge in [0.05, 0.1) is 29.3 Å². The number of nitrogens with zero attached hydrogens (tertiary/aromatic N) is 3. The molecule has 0 spiro atoms. The van der Waals surface area contributed by atoms with E-state index in [0.29, 0.717) is 47.1 Å². The first-order valence-electron chi connectivity index (χ1n) is 13.3. The number of pyridine rings is 1. The molecule has 3 aromatic rings. The number of carbonyl (C=O) groups excluding carboxylic acids is 2. The maximum absolute atomic E-state index is 13.8. The SMILES string of the molecule is CCN(C(=O)[C@H]1C[C@H](C)N(C(=O)c2ccc(OCCC(C)(C)C(=O)O)cc2)c2cccnc21)c1ccc(Cl)cc1. The highest BCUT2D eigenvalue weighted by molar-refractivity contribution is 6.30. The first-order chi connectivity index (χ1) is 19.0. The van der Waals surface area contributed by atoms with Crippen LogP contribution in [0.3, 0.4) is 0 Å². The molecule has 0 bridgehead atoms. The van der Waals surface area contributed by atoms with Crippen molar-refractivity contribution >= 4 is 40.8 Å². The number of hydrogen-bond acceptors (Lipinski definition) is 5. The van der Waals surface area contributed by atoms with Gasteiger partial charge in [-0.3, -0.25) is 19.4 Å². The lowest BCUT2D eigenvalue weighted by atomic mass is 9.87. The number of carboxylic acid groups (broad SMARTS) is 1. The summed E-state index contributed by atoms with van der Waals surface area (Å²) in [6.07, 6.45) is 2.43. The Labute approximate surface area is 239 Å². The van der Waals surface area contributed by atoms with Gasteiger partial charge in [-0.15, -0.1) is 0 Å². The normalized spacial score (nSPS) is 16.7. The fourth-order valence-electron chi connectivity index (χ4n) is 4.84. The Morgan fingerprint density at radius 2 is 1.77 bits per heavy atom. The fraction of sp³-hybridized carbons (Fsp3) is 0.355. The molecule has 1 aliphatic rings. The van der Waals surface area contributed by atoms with Gasteiger partial charge < -0.3 is 19.6 Å². The van der Waals surface area contributed by atoms with E-state index < -0.39 is 17.3 Å². The summed E-state index contributed by atoms with van der Waals surface area (Å²) >= 11 is 6.05. The molecule has 2 atom stereocenters. The second kappa shape index (κ2) is 12.1. The van der Waals surface area contributed by atoms with Gasteiger partial charge in [-0.25, -0.2) is 0 Å². The van der Waals surface area contributed by atoms with Crippen LogP contribution in [-0.4, -0.2) is 47.1 Å². The molecule has 0 saturated carbocycles. The Hall–Kier alpha value is -3.91. The van der Waals surface area contributed by atoms with Crippen LogP contribution in [0, 0.1) is 5.41 Å². The smallest absolute Gasteiger partial charge is 0.309 e. The van der Waals surface area contributed by atoms with Crippen LogP contribution in [-0.2, 0) is 9.59 Å². The summed E-state index contributed by atoms with van der Waals surface area (Å²) in [5.41, 5.74) is 1.54. The number of ether oxygens (including phenoxy) is 1. The lowest BCUT2D eigenvalue weighted by molar-refractivity contribution is -0.147. The largest absolute Gasteiger partial charge is 0.494 e. The number of carboxylic acids is 1. The third-order valence-corrected chi connectivity index (χ3v) is 7.59. The van der Waals surface area contributed by atoms with Gasteiger partial charge in [-0.05, 0) is 101 Å². The number of anilines is 2. The molecule has 0 aliphatic carbocycles. The minimum Gasteiger partial charge on any atom is -0.494 e. The van der Waals surface area contributed by atoms with Crippen LogP contribution in [0.15, 0.2) is 66.9 Å². The standard InChI is InChI=1S/C31H34ClN3O5/c1-5-34(23-12-10-22(32)11-13-23)29(37)25-19-20(2)35(26-7-6-17-33-27(25)26)28(36)21-8-14-24(15-9-21)40-18-16-31(3,4)30(38)39/h6-15,17,20,25H,5,16,18-19H2,1-4H3,(H,38,39)/t20-,25-/m0/s1. The minimum absolute atomic E-state index is 0.0729. The van der Waals surface area contributed by atoms with Gasteiger partial charge in [-0.2, -0.15) is 0 Å². The predicted octanol–water partition coefficient (Wildman–Crippen LogP) is 6.19. The summed E-state index contributed by atoms with van der Waals surface area (Å²) in [7, 11) is 0. The van der Waals surface area contributed by atoms with Crippen molar-refractivity contribution in [1.82, 2.24) is 4.98 Å². The van der Waals surface area contributed by atoms with Crippen LogP contribution in [0.2, 0.25) is 5.02 Å². The summed E-state index contributed by atoms with van der Waals surface area (Å²) in [5.74, 6) is -1.10. The number of amides is 2. The number of carbonyl (C=O) groups is 3. The Morgan fingerprint density at radius 1 is 1.10 bits per heavy atom. The number of aromatic nitrogens is 1. The number of benzene rings is 2. The van der Waals surface area contributed by atoms with Crippen molar-refractivity contribution in [3.8, 4) is 5.75 Å². The lowest BCUT2D eigenvalue weighted by Crippen LogP contribution is -2.47. The zero-order chi connectivity index (χ0) is 29.0. The number of fused-ring (bicyclic) bond motifs is 1. The van der Waals surface area contributed by atoms with Crippen molar-refractivity contribution in [2.45, 2.75) is 52.5 Å². The number of likely N-dealkylation sites (N-methyl/N-ethyl adjacent to an activating group) is 1. The third kappa shape index (κ3) is 6.12. The summed E-state index contributed by atoms with van der Waals surface area (Å²) in [6, 6.07) is 17.3. The van der Waals surface area contributed by atoms with Gasteiger partial charge in [-0.1, -0.05) is 11.6 Å². The quantitative estimate of drug-likeness (QED) is 0.333. The molecule has 2 aromatic carbocycles. The van der Waals surface area contributed by atoms with Crippen molar-refractivity contribution in [3.05, 3.63) is 83.1 Å². The number of halogens is 1. The van der Waals surface area contributed by atoms with Crippen molar-refractivity contribution in [3.63, 3.8) is 0 Å². The van der Waals surface area contributed by atoms with Gasteiger partial charge in [0.2, 0.25) is 5.91 Å². The van der Waals surface area contributed by atoms with Crippen molar-refractivity contribution < 1.29 is 24.2 Å². The fourth-order valence-corrected chi connectivity index (χ4v) is 4.97. The molecule has 0 radical (unpaired) electrons. The van der Waals surface area contributed by atoms with Crippen LogP contribution in [0.1, 0.15) is 62.5 Å². The molecule has 1 aromatic heterocycles. The molecular weight excluding hydrogens is 530 g/mol. The zero-order valence-corrected chi connectivity index (χ0v) is 23.9. The first kappa shape index (κ1) is 29.1. The Bertz CT molecular complexity index is 1370. The molecule has 9 heteroatoms. The molecule has 4 rings (SSSR count). The van der Waals surface area contributed by atoms with Crippen molar-refractivity contribution in [1.29, 1.82) is 0 Å². The molecular formula is C31H34ClN3O5. The van der Waals surface area contributed by atoms with E-state index in [9.17, 15) is 19.5 Å². The molecule has 210 valence electrons. The average Bonchev–Trinajstić information content (AvgIpc) is 2.94. The van der Waals surface area contributed by atoms with Crippen molar-refractivity contribution in [2.24, 2.45) is 5.41 Å². The Balaban J connectivity index is 1.53. The van der Waals surface area contributed by atoms with E-state index >= 15 is 0 Å². The van der Waals surface area contributed by atoms with Gasteiger partial charge in [0.15, 0.2) is 0 Å². The first-order valence-corrected chi connectivity index (χ1v) is 13.7. The number of aliphatic carboxylic acids is 1. The summed E-state index contributed by atoms with van der Waals surface area (Å²) < 4.78 is 5.72. The molecule has 1 N–H and O–H groups in total. The molecule has 1 aliphatic heterocycles. The van der Waals surface area contributed by atoms with Gasteiger partial charge in [0.1, 0.15) is 5.75 Å². The zero-order valence-electron chi connectivity index (χ0n) is 23.1. The molecule has 2 heterocycles. The van der Waals surface area contributed by atoms with Gasteiger partial charge >= 0.3 is 5.97 Å². The summed E-state index contributed by atoms with van der Waals surface area (Å²) in [4.78, 5) is 46.8. The molecule has 0 fully saturated rings. The predicted molar refractivity (Wildman–Crippen MR) is 155 cm³/mol. The Morgan fingerprint density at radius 3 is 2.40 bits per heavy atom. The number of hydrogen-bond donors (Lipinski definition) is 1. The van der Waals surface area contributed by atoms with E-state index in [1.807, 2.05) is 32.0 Å². The van der Waals surface area contributed by atoms with E-state index in [0.717, 1.165) is 5.69 Å². The van der Waals surface area contributed by atoms with Crippen LogP contribution in [0.25, 0.3) is 0 Å². The molecule has 2 amide bonds. The van der Waals surface area contributed by atoms with E-state index in [1.165, 1.54) is 0 Å². The van der Waals surface area contributed by atoms with Crippen LogP contribution < -0.4 is 14.5 Å². The highest BCUT2D eigenvalue weighted by Gasteiger charge is 2.40. The summed E-state index contributed by atoms with van der Waals surface area (Å²) in [5, 5.41) is 9.87. The molecule has 8 nitrogen and oxygen atoms in total. The van der Waals surface area contributed by atoms with Crippen LogP contribution >= 0.6 is 11.6 Å². The lowest BCUT2D eigenvalue weighted by Gasteiger charge is -2.39.